The topological polar surface area (TPSA) is 55.1 Å². The first-order chi connectivity index (χ1) is 8.09. The molecule has 0 atom stereocenters. The number of halogens is 1. The van der Waals surface area contributed by atoms with Gasteiger partial charge in [0.05, 0.1) is 18.4 Å². The highest BCUT2D eigenvalue weighted by atomic mass is 79.9. The van der Waals surface area contributed by atoms with Crippen LogP contribution in [0.25, 0.3) is 0 Å². The van der Waals surface area contributed by atoms with E-state index in [0.29, 0.717) is 12.2 Å². The Morgan fingerprint density at radius 3 is 2.76 bits per heavy atom. The molecule has 2 rings (SSSR count). The third kappa shape index (κ3) is 2.39. The molecule has 0 aliphatic heterocycles. The molecule has 0 unspecified atom stereocenters. The average molecular weight is 295 g/mol. The zero-order chi connectivity index (χ0) is 12.4. The summed E-state index contributed by atoms with van der Waals surface area (Å²) in [4.78, 5) is 10.9. The number of nitrogens with zero attached hydrogens (tertiary/aromatic N) is 2. The van der Waals surface area contributed by atoms with Gasteiger partial charge in [0, 0.05) is 4.47 Å². The fourth-order valence-corrected chi connectivity index (χ4v) is 2.01. The van der Waals surface area contributed by atoms with Crippen molar-refractivity contribution in [2.45, 2.75) is 13.5 Å². The molecule has 17 heavy (non-hydrogen) atoms. The Balaban J connectivity index is 2.31. The van der Waals surface area contributed by atoms with E-state index in [1.807, 2.05) is 24.3 Å². The Morgan fingerprint density at radius 1 is 1.47 bits per heavy atom. The van der Waals surface area contributed by atoms with E-state index in [0.717, 1.165) is 10.0 Å². The number of aromatic carboxylic acids is 1. The van der Waals surface area contributed by atoms with Crippen molar-refractivity contribution in [3.63, 3.8) is 0 Å². The second kappa shape index (κ2) is 4.71. The van der Waals surface area contributed by atoms with Gasteiger partial charge in [-0.1, -0.05) is 34.1 Å². The van der Waals surface area contributed by atoms with Crippen LogP contribution in [0.3, 0.4) is 0 Å². The van der Waals surface area contributed by atoms with Gasteiger partial charge in [0.15, 0.2) is 0 Å². The zero-order valence-corrected chi connectivity index (χ0v) is 10.8. The van der Waals surface area contributed by atoms with E-state index < -0.39 is 5.97 Å². The summed E-state index contributed by atoms with van der Waals surface area (Å²) >= 11 is 3.46. The Morgan fingerprint density at radius 2 is 2.18 bits per heavy atom. The molecule has 4 nitrogen and oxygen atoms in total. The van der Waals surface area contributed by atoms with Gasteiger partial charge in [-0.25, -0.2) is 4.79 Å². The van der Waals surface area contributed by atoms with Gasteiger partial charge in [-0.05, 0) is 18.6 Å². The molecule has 0 aliphatic rings. The normalized spacial score (nSPS) is 10.5. The molecule has 0 radical (unpaired) electrons. The molecule has 0 fully saturated rings. The first kappa shape index (κ1) is 11.9. The van der Waals surface area contributed by atoms with Crippen molar-refractivity contribution >= 4 is 21.9 Å². The summed E-state index contributed by atoms with van der Waals surface area (Å²) in [6.45, 7) is 2.31. The third-order valence-corrected chi connectivity index (χ3v) is 3.39. The lowest BCUT2D eigenvalue weighted by atomic mass is 10.2. The number of benzene rings is 1. The van der Waals surface area contributed by atoms with Crippen molar-refractivity contribution in [3.05, 3.63) is 51.8 Å². The van der Waals surface area contributed by atoms with Crippen LogP contribution >= 0.6 is 15.9 Å². The first-order valence-corrected chi connectivity index (χ1v) is 5.88. The molecule has 0 bridgehead atoms. The van der Waals surface area contributed by atoms with E-state index >= 15 is 0 Å². The Hall–Kier alpha value is -1.62. The van der Waals surface area contributed by atoms with E-state index in [1.165, 1.54) is 6.20 Å². The van der Waals surface area contributed by atoms with Crippen LogP contribution in [-0.4, -0.2) is 20.9 Å². The summed E-state index contributed by atoms with van der Waals surface area (Å²) in [6, 6.07) is 7.81. The predicted octanol–water partition coefficient (Wildman–Crippen LogP) is 2.70. The van der Waals surface area contributed by atoms with Crippen molar-refractivity contribution in [3.8, 4) is 0 Å². The average Bonchev–Trinajstić information content (AvgIpc) is 2.64. The SMILES string of the molecule is Cc1c(C(=O)O)cnn1Cc1ccccc1Br. The van der Waals surface area contributed by atoms with E-state index in [1.54, 1.807) is 11.6 Å². The fraction of sp³-hybridized carbons (Fsp3) is 0.167. The fourth-order valence-electron chi connectivity index (χ4n) is 1.60. The minimum atomic E-state index is -0.944. The van der Waals surface area contributed by atoms with Crippen LogP contribution in [0.4, 0.5) is 0 Å². The van der Waals surface area contributed by atoms with Gasteiger partial charge in [0.25, 0.3) is 0 Å². The van der Waals surface area contributed by atoms with Crippen molar-refractivity contribution < 1.29 is 9.90 Å². The summed E-state index contributed by atoms with van der Waals surface area (Å²) in [5, 5.41) is 13.0. The Labute approximate surface area is 107 Å². The number of carboxylic acid groups (broad SMARTS) is 1. The number of carboxylic acids is 1. The second-order valence-corrected chi connectivity index (χ2v) is 4.55. The molecule has 1 N–H and O–H groups in total. The molecule has 1 heterocycles. The maximum absolute atomic E-state index is 10.9. The van der Waals surface area contributed by atoms with Gasteiger partial charge in [0.2, 0.25) is 0 Å². The highest BCUT2D eigenvalue weighted by molar-refractivity contribution is 9.10. The second-order valence-electron chi connectivity index (χ2n) is 3.70. The summed E-state index contributed by atoms with van der Waals surface area (Å²) in [5.41, 5.74) is 1.97. The predicted molar refractivity (Wildman–Crippen MR) is 67.2 cm³/mol. The quantitative estimate of drug-likeness (QED) is 0.947. The smallest absolute Gasteiger partial charge is 0.339 e. The number of hydrogen-bond acceptors (Lipinski definition) is 2. The van der Waals surface area contributed by atoms with Gasteiger partial charge < -0.3 is 5.11 Å². The van der Waals surface area contributed by atoms with E-state index in [-0.39, 0.29) is 5.56 Å². The Kier molecular flexibility index (Phi) is 3.28. The third-order valence-electron chi connectivity index (χ3n) is 2.61. The van der Waals surface area contributed by atoms with Crippen LogP contribution in [0.15, 0.2) is 34.9 Å². The molecule has 0 saturated carbocycles. The first-order valence-electron chi connectivity index (χ1n) is 5.08. The maximum Gasteiger partial charge on any atom is 0.339 e. The largest absolute Gasteiger partial charge is 0.478 e. The van der Waals surface area contributed by atoms with E-state index in [4.69, 9.17) is 5.11 Å². The molecule has 5 heteroatoms. The van der Waals surface area contributed by atoms with Gasteiger partial charge in [-0.15, -0.1) is 0 Å². The van der Waals surface area contributed by atoms with Crippen LogP contribution in [-0.2, 0) is 6.54 Å². The van der Waals surface area contributed by atoms with Crippen LogP contribution in [0.5, 0.6) is 0 Å². The highest BCUT2D eigenvalue weighted by Crippen LogP contribution is 2.18. The van der Waals surface area contributed by atoms with Crippen LogP contribution in [0.1, 0.15) is 21.6 Å². The minimum Gasteiger partial charge on any atom is -0.478 e. The van der Waals surface area contributed by atoms with Crippen LogP contribution in [0.2, 0.25) is 0 Å². The van der Waals surface area contributed by atoms with Crippen molar-refractivity contribution in [2.24, 2.45) is 0 Å². The molecule has 0 amide bonds. The summed E-state index contributed by atoms with van der Waals surface area (Å²) in [6.07, 6.45) is 1.38. The van der Waals surface area contributed by atoms with Crippen molar-refractivity contribution in [2.75, 3.05) is 0 Å². The number of carbonyl (C=O) groups is 1. The summed E-state index contributed by atoms with van der Waals surface area (Å²) < 4.78 is 2.68. The number of aromatic nitrogens is 2. The molecule has 0 aliphatic carbocycles. The standard InChI is InChI=1S/C12H11BrN2O2/c1-8-10(12(16)17)6-14-15(8)7-9-4-2-3-5-11(9)13/h2-6H,7H2,1H3,(H,16,17). The van der Waals surface area contributed by atoms with Gasteiger partial charge in [-0.2, -0.15) is 5.10 Å². The van der Waals surface area contributed by atoms with Gasteiger partial charge in [-0.3, -0.25) is 4.68 Å². The minimum absolute atomic E-state index is 0.247. The lowest BCUT2D eigenvalue weighted by Gasteiger charge is -2.06. The molecule has 0 spiro atoms. The highest BCUT2D eigenvalue weighted by Gasteiger charge is 2.13. The summed E-state index contributed by atoms with van der Waals surface area (Å²) in [5.74, 6) is -0.944. The van der Waals surface area contributed by atoms with Crippen molar-refractivity contribution in [1.29, 1.82) is 0 Å². The van der Waals surface area contributed by atoms with Crippen molar-refractivity contribution in [1.82, 2.24) is 9.78 Å². The lowest BCUT2D eigenvalue weighted by Crippen LogP contribution is -2.06. The molecule has 2 aromatic rings. The summed E-state index contributed by atoms with van der Waals surface area (Å²) in [7, 11) is 0. The van der Waals surface area contributed by atoms with Gasteiger partial charge in [0.1, 0.15) is 5.56 Å². The maximum atomic E-state index is 10.9. The molecule has 88 valence electrons. The number of rotatable bonds is 3. The molecule has 1 aromatic carbocycles. The Bertz CT molecular complexity index is 563. The number of hydrogen-bond donors (Lipinski definition) is 1. The monoisotopic (exact) mass is 294 g/mol. The molecular weight excluding hydrogens is 284 g/mol. The zero-order valence-electron chi connectivity index (χ0n) is 9.22. The van der Waals surface area contributed by atoms with Gasteiger partial charge >= 0.3 is 5.97 Å². The van der Waals surface area contributed by atoms with Crippen LogP contribution in [0, 0.1) is 6.92 Å². The molecule has 1 aromatic heterocycles. The molecule has 0 saturated heterocycles. The van der Waals surface area contributed by atoms with Crippen LogP contribution < -0.4 is 0 Å². The molecular formula is C12H11BrN2O2. The van der Waals surface area contributed by atoms with E-state index in [9.17, 15) is 4.79 Å². The lowest BCUT2D eigenvalue weighted by molar-refractivity contribution is 0.0696. The van der Waals surface area contributed by atoms with E-state index in [2.05, 4.69) is 21.0 Å².